The van der Waals surface area contributed by atoms with Gasteiger partial charge in [-0.05, 0) is 42.7 Å². The van der Waals surface area contributed by atoms with E-state index in [0.717, 1.165) is 5.56 Å². The molecule has 2 N–H and O–H groups in total. The Bertz CT molecular complexity index is 729. The van der Waals surface area contributed by atoms with Crippen LogP contribution in [0.15, 0.2) is 62.8 Å². The van der Waals surface area contributed by atoms with Crippen LogP contribution in [-0.4, -0.2) is 31.3 Å². The number of benzene rings is 2. The average Bonchev–Trinajstić information content (AvgIpc) is 2.54. The Kier molecular flexibility index (Phi) is 5.74. The quantitative estimate of drug-likeness (QED) is 0.802. The summed E-state index contributed by atoms with van der Waals surface area (Å²) in [5, 5.41) is 18.2. The third-order valence-corrected chi connectivity index (χ3v) is 5.85. The number of rotatable bonds is 6. The molecule has 2 aromatic rings. The summed E-state index contributed by atoms with van der Waals surface area (Å²) in [6.45, 7) is -0.280. The van der Waals surface area contributed by atoms with Crippen LogP contribution in [0.4, 0.5) is 0 Å². The lowest BCUT2D eigenvalue weighted by molar-refractivity contribution is 0.0885. The molecule has 0 saturated heterocycles. The molecule has 0 amide bonds. The number of aliphatic hydroxyl groups excluding tert-OH is 2. The molecule has 1 atom stereocenters. The minimum atomic E-state index is -3.53. The molecular weight excluding hydrogens is 368 g/mol. The van der Waals surface area contributed by atoms with Crippen molar-refractivity contribution in [2.75, 3.05) is 6.61 Å². The fourth-order valence-electron chi connectivity index (χ4n) is 2.05. The molecule has 118 valence electrons. The zero-order chi connectivity index (χ0) is 16.2. The van der Waals surface area contributed by atoms with Gasteiger partial charge in [0, 0.05) is 4.47 Å². The van der Waals surface area contributed by atoms with Crippen molar-refractivity contribution in [1.29, 1.82) is 0 Å². The Morgan fingerprint density at radius 3 is 2.32 bits per heavy atom. The summed E-state index contributed by atoms with van der Waals surface area (Å²) in [5.74, 6) is 0. The van der Waals surface area contributed by atoms with Crippen molar-refractivity contribution in [3.8, 4) is 0 Å². The van der Waals surface area contributed by atoms with Crippen LogP contribution in [0, 0.1) is 0 Å². The number of hydrogen-bond donors (Lipinski definition) is 2. The first-order chi connectivity index (χ1) is 10.4. The van der Waals surface area contributed by atoms with Crippen LogP contribution in [-0.2, 0) is 16.3 Å². The Labute approximate surface area is 138 Å². The van der Waals surface area contributed by atoms with E-state index in [1.165, 1.54) is 0 Å². The van der Waals surface area contributed by atoms with Gasteiger partial charge in [0.2, 0.25) is 9.84 Å². The number of aryl methyl sites for hydroxylation is 1. The lowest BCUT2D eigenvalue weighted by atomic mass is 10.1. The highest BCUT2D eigenvalue weighted by Gasteiger charge is 2.18. The van der Waals surface area contributed by atoms with E-state index < -0.39 is 15.9 Å². The average molecular weight is 385 g/mol. The molecule has 0 bridgehead atoms. The van der Waals surface area contributed by atoms with Crippen molar-refractivity contribution in [2.45, 2.75) is 28.7 Å². The highest BCUT2D eigenvalue weighted by Crippen LogP contribution is 2.27. The van der Waals surface area contributed by atoms with Crippen molar-refractivity contribution >= 4 is 25.8 Å². The summed E-state index contributed by atoms with van der Waals surface area (Å²) in [6, 6.07) is 13.1. The van der Waals surface area contributed by atoms with Gasteiger partial charge in [-0.1, -0.05) is 40.2 Å². The van der Waals surface area contributed by atoms with E-state index in [1.807, 2.05) is 0 Å². The van der Waals surface area contributed by atoms with Crippen LogP contribution in [0.3, 0.4) is 0 Å². The standard InChI is InChI=1S/C16H17BrO4S/c17-16-10-15(9-7-12(16)6-8-13(19)11-18)22(20,21)14-4-2-1-3-5-14/h1-5,7,9-10,13,18-19H,6,8,11H2/t13-/m0/s1. The van der Waals surface area contributed by atoms with Gasteiger partial charge in [-0.15, -0.1) is 0 Å². The van der Waals surface area contributed by atoms with Gasteiger partial charge in [0.15, 0.2) is 0 Å². The number of aliphatic hydroxyl groups is 2. The fraction of sp³-hybridized carbons (Fsp3) is 0.250. The highest BCUT2D eigenvalue weighted by molar-refractivity contribution is 9.10. The Morgan fingerprint density at radius 1 is 1.05 bits per heavy atom. The van der Waals surface area contributed by atoms with Crippen molar-refractivity contribution < 1.29 is 18.6 Å². The SMILES string of the molecule is O=S(=O)(c1ccccc1)c1ccc(CC[C@H](O)CO)c(Br)c1. The molecule has 0 fully saturated rings. The van der Waals surface area contributed by atoms with Crippen LogP contribution in [0.25, 0.3) is 0 Å². The summed E-state index contributed by atoms with van der Waals surface area (Å²) in [4.78, 5) is 0.474. The lowest BCUT2D eigenvalue weighted by Crippen LogP contribution is -2.12. The number of hydrogen-bond acceptors (Lipinski definition) is 4. The molecule has 0 unspecified atom stereocenters. The van der Waals surface area contributed by atoms with Crippen LogP contribution in [0.2, 0.25) is 0 Å². The molecule has 2 rings (SSSR count). The molecule has 2 aromatic carbocycles. The van der Waals surface area contributed by atoms with E-state index in [9.17, 15) is 13.5 Å². The van der Waals surface area contributed by atoms with E-state index in [-0.39, 0.29) is 16.4 Å². The summed E-state index contributed by atoms with van der Waals surface area (Å²) < 4.78 is 25.7. The molecular formula is C16H17BrO4S. The van der Waals surface area contributed by atoms with Gasteiger partial charge < -0.3 is 10.2 Å². The molecule has 0 heterocycles. The van der Waals surface area contributed by atoms with Crippen LogP contribution in [0.5, 0.6) is 0 Å². The van der Waals surface area contributed by atoms with Crippen molar-refractivity contribution in [3.63, 3.8) is 0 Å². The van der Waals surface area contributed by atoms with Gasteiger partial charge in [0.1, 0.15) is 0 Å². The summed E-state index contributed by atoms with van der Waals surface area (Å²) in [7, 11) is -3.53. The van der Waals surface area contributed by atoms with Gasteiger partial charge in [-0.25, -0.2) is 8.42 Å². The van der Waals surface area contributed by atoms with E-state index >= 15 is 0 Å². The second kappa shape index (κ2) is 7.37. The van der Waals surface area contributed by atoms with Gasteiger partial charge in [-0.2, -0.15) is 0 Å². The van der Waals surface area contributed by atoms with E-state index in [1.54, 1.807) is 48.5 Å². The smallest absolute Gasteiger partial charge is 0.206 e. The molecule has 22 heavy (non-hydrogen) atoms. The van der Waals surface area contributed by atoms with Crippen LogP contribution >= 0.6 is 15.9 Å². The van der Waals surface area contributed by atoms with Crippen LogP contribution < -0.4 is 0 Å². The fourth-order valence-corrected chi connectivity index (χ4v) is 4.08. The highest BCUT2D eigenvalue weighted by atomic mass is 79.9. The Balaban J connectivity index is 2.26. The predicted octanol–water partition coefficient (Wildman–Crippen LogP) is 2.57. The minimum absolute atomic E-state index is 0.219. The van der Waals surface area contributed by atoms with Gasteiger partial charge in [-0.3, -0.25) is 0 Å². The molecule has 0 aliphatic carbocycles. The van der Waals surface area contributed by atoms with E-state index in [2.05, 4.69) is 15.9 Å². The number of sulfone groups is 1. The minimum Gasteiger partial charge on any atom is -0.394 e. The van der Waals surface area contributed by atoms with Gasteiger partial charge in [0.05, 0.1) is 22.5 Å². The van der Waals surface area contributed by atoms with Gasteiger partial charge >= 0.3 is 0 Å². The van der Waals surface area contributed by atoms with Crippen molar-refractivity contribution in [1.82, 2.24) is 0 Å². The predicted molar refractivity (Wildman–Crippen MR) is 87.4 cm³/mol. The van der Waals surface area contributed by atoms with E-state index in [0.29, 0.717) is 17.3 Å². The first kappa shape index (κ1) is 17.1. The third kappa shape index (κ3) is 3.95. The number of halogens is 1. The topological polar surface area (TPSA) is 74.6 Å². The maximum atomic E-state index is 12.5. The zero-order valence-corrected chi connectivity index (χ0v) is 14.2. The first-order valence-corrected chi connectivity index (χ1v) is 9.10. The van der Waals surface area contributed by atoms with Crippen LogP contribution in [0.1, 0.15) is 12.0 Å². The molecule has 0 spiro atoms. The maximum absolute atomic E-state index is 12.5. The first-order valence-electron chi connectivity index (χ1n) is 6.82. The van der Waals surface area contributed by atoms with Gasteiger partial charge in [0.25, 0.3) is 0 Å². The molecule has 0 saturated carbocycles. The molecule has 0 radical (unpaired) electrons. The molecule has 0 aliphatic heterocycles. The van der Waals surface area contributed by atoms with Crippen molar-refractivity contribution in [2.24, 2.45) is 0 Å². The second-order valence-corrected chi connectivity index (χ2v) is 7.75. The Morgan fingerprint density at radius 2 is 1.73 bits per heavy atom. The zero-order valence-electron chi connectivity index (χ0n) is 11.8. The monoisotopic (exact) mass is 384 g/mol. The molecule has 0 aliphatic rings. The molecule has 6 heteroatoms. The lowest BCUT2D eigenvalue weighted by Gasteiger charge is -2.10. The summed E-state index contributed by atoms with van der Waals surface area (Å²) >= 11 is 3.38. The normalized spacial score (nSPS) is 13.0. The van der Waals surface area contributed by atoms with Crippen molar-refractivity contribution in [3.05, 3.63) is 58.6 Å². The summed E-state index contributed by atoms with van der Waals surface area (Å²) in [6.07, 6.45) is 0.202. The summed E-state index contributed by atoms with van der Waals surface area (Å²) in [5.41, 5.74) is 0.888. The second-order valence-electron chi connectivity index (χ2n) is 4.94. The third-order valence-electron chi connectivity index (χ3n) is 3.35. The maximum Gasteiger partial charge on any atom is 0.206 e. The molecule has 4 nitrogen and oxygen atoms in total. The largest absolute Gasteiger partial charge is 0.394 e. The van der Waals surface area contributed by atoms with E-state index in [4.69, 9.17) is 5.11 Å². The molecule has 0 aromatic heterocycles. The Hall–Kier alpha value is -1.21.